The van der Waals surface area contributed by atoms with E-state index in [4.69, 9.17) is 9.72 Å². The summed E-state index contributed by atoms with van der Waals surface area (Å²) in [6, 6.07) is 9.43. The first-order valence-electron chi connectivity index (χ1n) is 10.9. The van der Waals surface area contributed by atoms with Gasteiger partial charge in [-0.1, -0.05) is 6.08 Å². The third kappa shape index (κ3) is 4.40. The summed E-state index contributed by atoms with van der Waals surface area (Å²) in [5, 5.41) is 0. The van der Waals surface area contributed by atoms with E-state index in [2.05, 4.69) is 16.5 Å². The molecular weight excluding hydrogens is 400 g/mol. The number of nitrogens with zero attached hydrogens (tertiary/aromatic N) is 4. The molecule has 0 bridgehead atoms. The molecule has 1 aliphatic heterocycles. The maximum Gasteiger partial charge on any atom is 0.254 e. The highest BCUT2D eigenvalue weighted by atomic mass is 16.5. The Morgan fingerprint density at radius 3 is 2.81 bits per heavy atom. The van der Waals surface area contributed by atoms with Gasteiger partial charge in [0.25, 0.3) is 5.91 Å². The van der Waals surface area contributed by atoms with Crippen molar-refractivity contribution in [2.24, 2.45) is 0 Å². The number of piperidine rings is 1. The molecule has 3 aromatic rings. The molecule has 1 fully saturated rings. The van der Waals surface area contributed by atoms with Crippen LogP contribution in [0, 0.1) is 6.92 Å². The Labute approximate surface area is 189 Å². The summed E-state index contributed by atoms with van der Waals surface area (Å²) in [6.45, 7) is 6.41. The van der Waals surface area contributed by atoms with Crippen LogP contribution in [0.4, 0.5) is 0 Å². The molecule has 4 rings (SSSR count). The Balaban J connectivity index is 1.73. The van der Waals surface area contributed by atoms with Gasteiger partial charge in [0.05, 0.1) is 18.8 Å². The van der Waals surface area contributed by atoms with Crippen LogP contribution in [0.15, 0.2) is 61.6 Å². The van der Waals surface area contributed by atoms with Gasteiger partial charge in [0.15, 0.2) is 0 Å². The van der Waals surface area contributed by atoms with Gasteiger partial charge in [-0.05, 0) is 74.1 Å². The van der Waals surface area contributed by atoms with Gasteiger partial charge in [0.1, 0.15) is 11.6 Å². The van der Waals surface area contributed by atoms with E-state index in [9.17, 15) is 4.79 Å². The molecule has 0 radical (unpaired) electrons. The molecule has 1 atom stereocenters. The number of pyridine rings is 1. The smallest absolute Gasteiger partial charge is 0.254 e. The van der Waals surface area contributed by atoms with Crippen LogP contribution in [0.1, 0.15) is 52.7 Å². The molecular formula is C26H28N4O2. The highest BCUT2D eigenvalue weighted by molar-refractivity contribution is 5.95. The van der Waals surface area contributed by atoms with E-state index in [1.165, 1.54) is 0 Å². The van der Waals surface area contributed by atoms with E-state index in [0.717, 1.165) is 47.4 Å². The first-order chi connectivity index (χ1) is 15.6. The van der Waals surface area contributed by atoms with Crippen LogP contribution in [-0.2, 0) is 6.42 Å². The number of hydrogen-bond acceptors (Lipinski definition) is 5. The summed E-state index contributed by atoms with van der Waals surface area (Å²) in [5.74, 6) is 1.48. The second-order valence-electron chi connectivity index (χ2n) is 7.98. The molecule has 1 aliphatic rings. The third-order valence-corrected chi connectivity index (χ3v) is 5.90. The molecule has 2 aromatic heterocycles. The molecule has 3 heterocycles. The summed E-state index contributed by atoms with van der Waals surface area (Å²) in [7, 11) is 1.64. The highest BCUT2D eigenvalue weighted by Gasteiger charge is 2.32. The third-order valence-electron chi connectivity index (χ3n) is 5.90. The average molecular weight is 429 g/mol. The van der Waals surface area contributed by atoms with Gasteiger partial charge in [0.2, 0.25) is 0 Å². The molecule has 1 saturated heterocycles. The van der Waals surface area contributed by atoms with Crippen molar-refractivity contribution in [3.63, 3.8) is 0 Å². The first kappa shape index (κ1) is 21.7. The van der Waals surface area contributed by atoms with Gasteiger partial charge >= 0.3 is 0 Å². The first-order valence-corrected chi connectivity index (χ1v) is 10.9. The summed E-state index contributed by atoms with van der Waals surface area (Å²) in [5.41, 5.74) is 4.47. The number of benzene rings is 1. The molecule has 0 saturated carbocycles. The SMILES string of the molecule is C=CCc1cc(C(=O)N2CCCC[C@H]2c2nc(C)ncc2-c2ccncc2)ccc1OC. The Hall–Kier alpha value is -3.54. The van der Waals surface area contributed by atoms with Crippen LogP contribution in [-0.4, -0.2) is 39.4 Å². The van der Waals surface area contributed by atoms with E-state index in [-0.39, 0.29) is 11.9 Å². The van der Waals surface area contributed by atoms with Crippen molar-refractivity contribution < 1.29 is 9.53 Å². The van der Waals surface area contributed by atoms with Gasteiger partial charge in [-0.25, -0.2) is 9.97 Å². The Morgan fingerprint density at radius 1 is 1.25 bits per heavy atom. The Bertz CT molecular complexity index is 1110. The zero-order chi connectivity index (χ0) is 22.5. The predicted molar refractivity (Wildman–Crippen MR) is 125 cm³/mol. The minimum absolute atomic E-state index is 0.0135. The lowest BCUT2D eigenvalue weighted by atomic mass is 9.93. The van der Waals surface area contributed by atoms with Crippen molar-refractivity contribution in [3.05, 3.63) is 84.2 Å². The molecule has 0 spiro atoms. The average Bonchev–Trinajstić information content (AvgIpc) is 2.84. The quantitative estimate of drug-likeness (QED) is 0.520. The number of rotatable bonds is 6. The number of allylic oxidation sites excluding steroid dienone is 1. The normalized spacial score (nSPS) is 15.9. The fraction of sp³-hybridized carbons (Fsp3) is 0.308. The lowest BCUT2D eigenvalue weighted by Crippen LogP contribution is -2.39. The van der Waals surface area contributed by atoms with Crippen LogP contribution in [0.5, 0.6) is 5.75 Å². The summed E-state index contributed by atoms with van der Waals surface area (Å²) in [6.07, 6.45) is 10.8. The van der Waals surface area contributed by atoms with Gasteiger partial charge < -0.3 is 9.64 Å². The number of carbonyl (C=O) groups excluding carboxylic acids is 1. The number of carbonyl (C=O) groups is 1. The van der Waals surface area contributed by atoms with Crippen molar-refractivity contribution in [1.29, 1.82) is 0 Å². The molecule has 164 valence electrons. The minimum Gasteiger partial charge on any atom is -0.496 e. The van der Waals surface area contributed by atoms with Gasteiger partial charge in [-0.2, -0.15) is 0 Å². The minimum atomic E-state index is -0.105. The number of methoxy groups -OCH3 is 1. The topological polar surface area (TPSA) is 68.2 Å². The summed E-state index contributed by atoms with van der Waals surface area (Å²) >= 11 is 0. The number of amides is 1. The fourth-order valence-electron chi connectivity index (χ4n) is 4.35. The number of aryl methyl sites for hydroxylation is 1. The van der Waals surface area contributed by atoms with E-state index in [0.29, 0.717) is 24.4 Å². The monoisotopic (exact) mass is 428 g/mol. The van der Waals surface area contributed by atoms with Crippen LogP contribution in [0.2, 0.25) is 0 Å². The van der Waals surface area contributed by atoms with Gasteiger partial charge in [-0.3, -0.25) is 9.78 Å². The predicted octanol–water partition coefficient (Wildman–Crippen LogP) is 4.95. The molecule has 1 amide bonds. The van der Waals surface area contributed by atoms with Crippen molar-refractivity contribution in [3.8, 4) is 16.9 Å². The van der Waals surface area contributed by atoms with Gasteiger partial charge in [0, 0.05) is 36.3 Å². The number of aromatic nitrogens is 3. The highest BCUT2D eigenvalue weighted by Crippen LogP contribution is 2.36. The second-order valence-corrected chi connectivity index (χ2v) is 7.98. The Kier molecular flexibility index (Phi) is 6.59. The largest absolute Gasteiger partial charge is 0.496 e. The zero-order valence-electron chi connectivity index (χ0n) is 18.6. The number of hydrogen-bond donors (Lipinski definition) is 0. The van der Waals surface area contributed by atoms with Crippen molar-refractivity contribution in [2.45, 2.75) is 38.6 Å². The van der Waals surface area contributed by atoms with Crippen molar-refractivity contribution >= 4 is 5.91 Å². The molecule has 6 heteroatoms. The van der Waals surface area contributed by atoms with Crippen LogP contribution in [0.25, 0.3) is 11.1 Å². The maximum absolute atomic E-state index is 13.7. The molecule has 0 unspecified atom stereocenters. The number of likely N-dealkylation sites (tertiary alicyclic amines) is 1. The number of ether oxygens (including phenoxy) is 1. The standard InChI is InChI=1S/C26H28N4O2/c1-4-7-20-16-21(9-10-24(20)32-3)26(31)30-15-6-5-8-23(30)25-22(17-28-18(2)29-25)19-11-13-27-14-12-19/h4,9-14,16-17,23H,1,5-8,15H2,2-3H3/t23-/m0/s1. The van der Waals surface area contributed by atoms with Crippen molar-refractivity contribution in [1.82, 2.24) is 19.9 Å². The van der Waals surface area contributed by atoms with E-state index < -0.39 is 0 Å². The maximum atomic E-state index is 13.7. The second kappa shape index (κ2) is 9.73. The summed E-state index contributed by atoms with van der Waals surface area (Å²) in [4.78, 5) is 29.0. The lowest BCUT2D eigenvalue weighted by Gasteiger charge is -2.36. The van der Waals surface area contributed by atoms with E-state index in [1.54, 1.807) is 19.5 Å². The summed E-state index contributed by atoms with van der Waals surface area (Å²) < 4.78 is 5.45. The Morgan fingerprint density at radius 2 is 2.06 bits per heavy atom. The zero-order valence-corrected chi connectivity index (χ0v) is 18.6. The van der Waals surface area contributed by atoms with Crippen molar-refractivity contribution in [2.75, 3.05) is 13.7 Å². The van der Waals surface area contributed by atoms with Crippen LogP contribution in [0.3, 0.4) is 0 Å². The lowest BCUT2D eigenvalue weighted by molar-refractivity contribution is 0.0606. The molecule has 6 nitrogen and oxygen atoms in total. The van der Waals surface area contributed by atoms with Gasteiger partial charge in [-0.15, -0.1) is 6.58 Å². The fourth-order valence-corrected chi connectivity index (χ4v) is 4.35. The van der Waals surface area contributed by atoms with Crippen LogP contribution >= 0.6 is 0 Å². The molecule has 0 aliphatic carbocycles. The molecule has 1 aromatic carbocycles. The molecule has 0 N–H and O–H groups in total. The van der Waals surface area contributed by atoms with Crippen LogP contribution < -0.4 is 4.74 Å². The van der Waals surface area contributed by atoms with E-state index >= 15 is 0 Å². The molecule has 32 heavy (non-hydrogen) atoms. The van der Waals surface area contributed by atoms with E-state index in [1.807, 2.05) is 54.4 Å².